The van der Waals surface area contributed by atoms with Gasteiger partial charge in [0.05, 0.1) is 17.9 Å². The van der Waals surface area contributed by atoms with Gasteiger partial charge in [-0.15, -0.1) is 0 Å². The second-order valence-electron chi connectivity index (χ2n) is 5.26. The first-order chi connectivity index (χ1) is 9.63. The van der Waals surface area contributed by atoms with Crippen LogP contribution in [0.2, 0.25) is 0 Å². The lowest BCUT2D eigenvalue weighted by Gasteiger charge is -2.08. The SMILES string of the molecule is CCNCc1cn(Cc2ccn(C(C)CC)n2)nc1C. The summed E-state index contributed by atoms with van der Waals surface area (Å²) < 4.78 is 4.01. The predicted molar refractivity (Wildman–Crippen MR) is 80.7 cm³/mol. The predicted octanol–water partition coefficient (Wildman–Crippen LogP) is 2.52. The molecule has 0 radical (unpaired) electrons. The van der Waals surface area contributed by atoms with Crippen LogP contribution >= 0.6 is 0 Å². The van der Waals surface area contributed by atoms with Gasteiger partial charge < -0.3 is 5.32 Å². The number of aromatic nitrogens is 4. The van der Waals surface area contributed by atoms with Gasteiger partial charge in [0.2, 0.25) is 0 Å². The Morgan fingerprint density at radius 3 is 2.80 bits per heavy atom. The van der Waals surface area contributed by atoms with E-state index >= 15 is 0 Å². The van der Waals surface area contributed by atoms with Crippen molar-refractivity contribution >= 4 is 0 Å². The van der Waals surface area contributed by atoms with E-state index in [1.165, 1.54) is 5.56 Å². The van der Waals surface area contributed by atoms with Crippen molar-refractivity contribution in [3.8, 4) is 0 Å². The van der Waals surface area contributed by atoms with Crippen molar-refractivity contribution in [2.45, 2.75) is 53.2 Å². The number of nitrogens with one attached hydrogen (secondary N) is 1. The van der Waals surface area contributed by atoms with E-state index in [0.717, 1.165) is 37.4 Å². The topological polar surface area (TPSA) is 47.7 Å². The molecule has 2 heterocycles. The molecule has 0 amide bonds. The first kappa shape index (κ1) is 14.8. The van der Waals surface area contributed by atoms with E-state index in [1.54, 1.807) is 0 Å². The first-order valence-corrected chi connectivity index (χ1v) is 7.41. The molecule has 2 rings (SSSR count). The molecule has 2 aromatic heterocycles. The van der Waals surface area contributed by atoms with Crippen LogP contribution in [0.15, 0.2) is 18.5 Å². The van der Waals surface area contributed by atoms with Gasteiger partial charge >= 0.3 is 0 Å². The second-order valence-corrected chi connectivity index (χ2v) is 5.26. The Labute approximate surface area is 121 Å². The van der Waals surface area contributed by atoms with Gasteiger partial charge in [-0.1, -0.05) is 13.8 Å². The summed E-state index contributed by atoms with van der Waals surface area (Å²) in [6, 6.07) is 2.53. The molecular weight excluding hydrogens is 250 g/mol. The minimum absolute atomic E-state index is 0.451. The third kappa shape index (κ3) is 3.48. The minimum Gasteiger partial charge on any atom is -0.313 e. The monoisotopic (exact) mass is 275 g/mol. The molecule has 20 heavy (non-hydrogen) atoms. The molecule has 0 fully saturated rings. The standard InChI is InChI=1S/C15H25N5/c1-5-12(3)20-8-7-15(18-20)11-19-10-14(9-16-6-2)13(4)17-19/h7-8,10,12,16H,5-6,9,11H2,1-4H3. The third-order valence-corrected chi connectivity index (χ3v) is 3.64. The van der Waals surface area contributed by atoms with Gasteiger partial charge in [-0.3, -0.25) is 9.36 Å². The fourth-order valence-corrected chi connectivity index (χ4v) is 2.13. The average Bonchev–Trinajstić information content (AvgIpc) is 3.03. The molecule has 2 aromatic rings. The van der Waals surface area contributed by atoms with E-state index in [2.05, 4.69) is 61.7 Å². The van der Waals surface area contributed by atoms with Crippen molar-refractivity contribution in [1.82, 2.24) is 24.9 Å². The Morgan fingerprint density at radius 1 is 1.30 bits per heavy atom. The summed E-state index contributed by atoms with van der Waals surface area (Å²) >= 11 is 0. The molecule has 5 nitrogen and oxygen atoms in total. The molecule has 1 atom stereocenters. The van der Waals surface area contributed by atoms with E-state index < -0.39 is 0 Å². The van der Waals surface area contributed by atoms with Crippen LogP contribution in [0.5, 0.6) is 0 Å². The van der Waals surface area contributed by atoms with Crippen molar-refractivity contribution in [1.29, 1.82) is 0 Å². The molecule has 0 aromatic carbocycles. The molecule has 0 bridgehead atoms. The Hall–Kier alpha value is -1.62. The van der Waals surface area contributed by atoms with Crippen LogP contribution in [0.25, 0.3) is 0 Å². The highest BCUT2D eigenvalue weighted by Crippen LogP contribution is 2.11. The van der Waals surface area contributed by atoms with Gasteiger partial charge in [-0.25, -0.2) is 0 Å². The van der Waals surface area contributed by atoms with Crippen molar-refractivity contribution in [3.05, 3.63) is 35.4 Å². The molecule has 0 aliphatic carbocycles. The average molecular weight is 275 g/mol. The lowest BCUT2D eigenvalue weighted by atomic mass is 10.2. The van der Waals surface area contributed by atoms with Crippen LogP contribution in [-0.4, -0.2) is 26.1 Å². The molecule has 0 aliphatic rings. The summed E-state index contributed by atoms with van der Waals surface area (Å²) in [4.78, 5) is 0. The molecule has 1 unspecified atom stereocenters. The van der Waals surface area contributed by atoms with Gasteiger partial charge in [-0.05, 0) is 32.9 Å². The van der Waals surface area contributed by atoms with Gasteiger partial charge in [0.15, 0.2) is 0 Å². The Kier molecular flexibility index (Phi) is 4.95. The summed E-state index contributed by atoms with van der Waals surface area (Å²) in [5, 5.41) is 12.5. The molecular formula is C15H25N5. The van der Waals surface area contributed by atoms with Crippen molar-refractivity contribution in [2.24, 2.45) is 0 Å². The van der Waals surface area contributed by atoms with Crippen molar-refractivity contribution < 1.29 is 0 Å². The van der Waals surface area contributed by atoms with Gasteiger partial charge in [0.1, 0.15) is 0 Å². The molecule has 0 aliphatic heterocycles. The zero-order valence-corrected chi connectivity index (χ0v) is 12.9. The highest BCUT2D eigenvalue weighted by atomic mass is 15.3. The van der Waals surface area contributed by atoms with Gasteiger partial charge in [-0.2, -0.15) is 10.2 Å². The molecule has 1 N–H and O–H groups in total. The number of rotatable bonds is 7. The lowest BCUT2D eigenvalue weighted by molar-refractivity contribution is 0.471. The van der Waals surface area contributed by atoms with Crippen LogP contribution in [-0.2, 0) is 13.1 Å². The van der Waals surface area contributed by atoms with Crippen LogP contribution < -0.4 is 5.32 Å². The smallest absolute Gasteiger partial charge is 0.0850 e. The van der Waals surface area contributed by atoms with E-state index in [1.807, 2.05) is 9.36 Å². The highest BCUT2D eigenvalue weighted by molar-refractivity contribution is 5.16. The van der Waals surface area contributed by atoms with E-state index in [0.29, 0.717) is 6.04 Å². The first-order valence-electron chi connectivity index (χ1n) is 7.41. The second kappa shape index (κ2) is 6.70. The normalized spacial score (nSPS) is 12.8. The fraction of sp³-hybridized carbons (Fsp3) is 0.600. The Balaban J connectivity index is 2.04. The van der Waals surface area contributed by atoms with E-state index in [-0.39, 0.29) is 0 Å². The number of hydrogen-bond donors (Lipinski definition) is 1. The van der Waals surface area contributed by atoms with Crippen molar-refractivity contribution in [3.63, 3.8) is 0 Å². The maximum absolute atomic E-state index is 4.62. The zero-order valence-electron chi connectivity index (χ0n) is 12.9. The quantitative estimate of drug-likeness (QED) is 0.844. The summed E-state index contributed by atoms with van der Waals surface area (Å²) in [7, 11) is 0. The Bertz CT molecular complexity index is 540. The number of nitrogens with zero attached hydrogens (tertiary/aromatic N) is 4. The lowest BCUT2D eigenvalue weighted by Crippen LogP contribution is -2.11. The molecule has 0 saturated heterocycles. The summed E-state index contributed by atoms with van der Waals surface area (Å²) in [6.45, 7) is 11.1. The maximum Gasteiger partial charge on any atom is 0.0850 e. The summed E-state index contributed by atoms with van der Waals surface area (Å²) in [5.41, 5.74) is 3.41. The van der Waals surface area contributed by atoms with Crippen LogP contribution in [0.4, 0.5) is 0 Å². The fourth-order valence-electron chi connectivity index (χ4n) is 2.13. The molecule has 0 spiro atoms. The van der Waals surface area contributed by atoms with Crippen LogP contribution in [0.1, 0.15) is 50.2 Å². The largest absolute Gasteiger partial charge is 0.313 e. The number of aryl methyl sites for hydroxylation is 1. The van der Waals surface area contributed by atoms with E-state index in [4.69, 9.17) is 0 Å². The number of hydrogen-bond acceptors (Lipinski definition) is 3. The third-order valence-electron chi connectivity index (χ3n) is 3.64. The van der Waals surface area contributed by atoms with Crippen LogP contribution in [0, 0.1) is 6.92 Å². The molecule has 5 heteroatoms. The zero-order chi connectivity index (χ0) is 14.5. The Morgan fingerprint density at radius 2 is 2.10 bits per heavy atom. The van der Waals surface area contributed by atoms with Crippen molar-refractivity contribution in [2.75, 3.05) is 6.54 Å². The maximum atomic E-state index is 4.62. The van der Waals surface area contributed by atoms with Gasteiger partial charge in [0.25, 0.3) is 0 Å². The van der Waals surface area contributed by atoms with Crippen LogP contribution in [0.3, 0.4) is 0 Å². The highest BCUT2D eigenvalue weighted by Gasteiger charge is 2.08. The molecule has 0 saturated carbocycles. The van der Waals surface area contributed by atoms with E-state index in [9.17, 15) is 0 Å². The minimum atomic E-state index is 0.451. The summed E-state index contributed by atoms with van der Waals surface area (Å²) in [5.74, 6) is 0. The van der Waals surface area contributed by atoms with Gasteiger partial charge in [0, 0.05) is 30.5 Å². The molecule has 110 valence electrons. The summed E-state index contributed by atoms with van der Waals surface area (Å²) in [6.07, 6.45) is 5.26.